The molecule has 0 N–H and O–H groups in total. The van der Waals surface area contributed by atoms with E-state index >= 15 is 0 Å². The van der Waals surface area contributed by atoms with E-state index in [-0.39, 0.29) is 0 Å². The van der Waals surface area contributed by atoms with E-state index in [1.807, 2.05) is 31.2 Å². The summed E-state index contributed by atoms with van der Waals surface area (Å²) in [5, 5.41) is 9.90. The predicted molar refractivity (Wildman–Crippen MR) is 95.7 cm³/mol. The molecule has 0 radical (unpaired) electrons. The Hall–Kier alpha value is -2.64. The van der Waals surface area contributed by atoms with Gasteiger partial charge in [0.25, 0.3) is 0 Å². The van der Waals surface area contributed by atoms with Gasteiger partial charge >= 0.3 is 0 Å². The van der Waals surface area contributed by atoms with Crippen LogP contribution in [0.3, 0.4) is 0 Å². The Kier molecular flexibility index (Phi) is 6.11. The second kappa shape index (κ2) is 8.28. The summed E-state index contributed by atoms with van der Waals surface area (Å²) in [5.74, 6) is 1.77. The van der Waals surface area contributed by atoms with Crippen LogP contribution in [0.2, 0.25) is 5.02 Å². The SMILES string of the molecule is CCOc1c(Cl)cc(/C=C(\C#N)c2ccc(OC)cc2)cc1OC. The molecule has 0 spiro atoms. The van der Waals surface area contributed by atoms with Crippen LogP contribution in [-0.4, -0.2) is 20.8 Å². The van der Waals surface area contributed by atoms with Gasteiger partial charge in [-0.2, -0.15) is 5.26 Å². The minimum atomic E-state index is 0.439. The van der Waals surface area contributed by atoms with Crippen LogP contribution in [0, 0.1) is 11.3 Å². The van der Waals surface area contributed by atoms with Gasteiger partial charge in [-0.05, 0) is 60.5 Å². The zero-order chi connectivity index (χ0) is 17.5. The highest BCUT2D eigenvalue weighted by Gasteiger charge is 2.11. The lowest BCUT2D eigenvalue weighted by molar-refractivity contribution is 0.311. The van der Waals surface area contributed by atoms with Crippen LogP contribution in [0.25, 0.3) is 11.6 Å². The van der Waals surface area contributed by atoms with Gasteiger partial charge in [0.05, 0.1) is 37.5 Å². The molecule has 2 rings (SSSR count). The summed E-state index contributed by atoms with van der Waals surface area (Å²) >= 11 is 6.27. The number of allylic oxidation sites excluding steroid dienone is 1. The number of rotatable bonds is 6. The molecule has 24 heavy (non-hydrogen) atoms. The third kappa shape index (κ3) is 4.01. The highest BCUT2D eigenvalue weighted by molar-refractivity contribution is 6.32. The van der Waals surface area contributed by atoms with Gasteiger partial charge in [-0.15, -0.1) is 0 Å². The van der Waals surface area contributed by atoms with Crippen LogP contribution in [-0.2, 0) is 0 Å². The van der Waals surface area contributed by atoms with E-state index in [0.717, 1.165) is 16.9 Å². The summed E-state index contributed by atoms with van der Waals surface area (Å²) in [6.45, 7) is 2.36. The van der Waals surface area contributed by atoms with Gasteiger partial charge in [-0.25, -0.2) is 0 Å². The van der Waals surface area contributed by atoms with E-state index in [1.54, 1.807) is 32.4 Å². The molecule has 5 heteroatoms. The third-order valence-electron chi connectivity index (χ3n) is 3.37. The van der Waals surface area contributed by atoms with Crippen LogP contribution in [0.15, 0.2) is 36.4 Å². The van der Waals surface area contributed by atoms with Crippen molar-refractivity contribution in [2.24, 2.45) is 0 Å². The normalized spacial score (nSPS) is 10.9. The lowest BCUT2D eigenvalue weighted by Crippen LogP contribution is -1.97. The lowest BCUT2D eigenvalue weighted by atomic mass is 10.0. The summed E-state index contributed by atoms with van der Waals surface area (Å²) in [6, 6.07) is 13.0. The van der Waals surface area contributed by atoms with Gasteiger partial charge in [0, 0.05) is 0 Å². The van der Waals surface area contributed by atoms with Gasteiger partial charge in [0.2, 0.25) is 0 Å². The molecule has 0 aliphatic rings. The van der Waals surface area contributed by atoms with E-state index in [1.165, 1.54) is 0 Å². The molecule has 0 aliphatic carbocycles. The largest absolute Gasteiger partial charge is 0.497 e. The van der Waals surface area contributed by atoms with E-state index in [4.69, 9.17) is 25.8 Å². The minimum Gasteiger partial charge on any atom is -0.497 e. The zero-order valence-electron chi connectivity index (χ0n) is 13.8. The number of ether oxygens (including phenoxy) is 3. The molecule has 0 unspecified atom stereocenters. The van der Waals surface area contributed by atoms with E-state index in [9.17, 15) is 5.26 Å². The van der Waals surface area contributed by atoms with E-state index in [0.29, 0.717) is 28.7 Å². The third-order valence-corrected chi connectivity index (χ3v) is 3.65. The van der Waals surface area contributed by atoms with Gasteiger partial charge in [0.1, 0.15) is 5.75 Å². The number of hydrogen-bond donors (Lipinski definition) is 0. The number of methoxy groups -OCH3 is 2. The Morgan fingerprint density at radius 1 is 1.17 bits per heavy atom. The second-order valence-corrected chi connectivity index (χ2v) is 5.27. The van der Waals surface area contributed by atoms with Crippen LogP contribution in [0.4, 0.5) is 0 Å². The molecule has 0 saturated carbocycles. The monoisotopic (exact) mass is 343 g/mol. The Morgan fingerprint density at radius 2 is 1.88 bits per heavy atom. The molecule has 0 heterocycles. The van der Waals surface area contributed by atoms with Gasteiger partial charge in [0.15, 0.2) is 11.5 Å². The van der Waals surface area contributed by atoms with E-state index < -0.39 is 0 Å². The van der Waals surface area contributed by atoms with Crippen LogP contribution >= 0.6 is 11.6 Å². The molecule has 0 amide bonds. The molecule has 124 valence electrons. The number of hydrogen-bond acceptors (Lipinski definition) is 4. The maximum Gasteiger partial charge on any atom is 0.179 e. The van der Waals surface area contributed by atoms with Crippen molar-refractivity contribution in [2.75, 3.05) is 20.8 Å². The molecule has 0 saturated heterocycles. The fourth-order valence-corrected chi connectivity index (χ4v) is 2.50. The second-order valence-electron chi connectivity index (χ2n) is 4.87. The number of halogens is 1. The first-order valence-electron chi connectivity index (χ1n) is 7.39. The number of benzene rings is 2. The molecule has 0 atom stereocenters. The van der Waals surface area contributed by atoms with Crippen LogP contribution < -0.4 is 14.2 Å². The van der Waals surface area contributed by atoms with Gasteiger partial charge in [-0.3, -0.25) is 0 Å². The maximum absolute atomic E-state index is 9.46. The molecule has 2 aromatic rings. The quantitative estimate of drug-likeness (QED) is 0.557. The zero-order valence-corrected chi connectivity index (χ0v) is 14.6. The van der Waals surface area contributed by atoms with Crippen molar-refractivity contribution in [3.8, 4) is 23.3 Å². The maximum atomic E-state index is 9.46. The molecular formula is C19H18ClNO3. The number of nitrogens with zero attached hydrogens (tertiary/aromatic N) is 1. The molecule has 0 aromatic heterocycles. The average molecular weight is 344 g/mol. The van der Waals surface area contributed by atoms with Crippen molar-refractivity contribution in [1.29, 1.82) is 5.26 Å². The summed E-state index contributed by atoms with van der Waals surface area (Å²) in [6.07, 6.45) is 1.76. The summed E-state index contributed by atoms with van der Waals surface area (Å²) in [4.78, 5) is 0. The highest BCUT2D eigenvalue weighted by atomic mass is 35.5. The van der Waals surface area contributed by atoms with Crippen molar-refractivity contribution >= 4 is 23.3 Å². The van der Waals surface area contributed by atoms with Crippen molar-refractivity contribution in [3.05, 3.63) is 52.5 Å². The van der Waals surface area contributed by atoms with Crippen molar-refractivity contribution in [3.63, 3.8) is 0 Å². The van der Waals surface area contributed by atoms with Crippen LogP contribution in [0.1, 0.15) is 18.1 Å². The van der Waals surface area contributed by atoms with Gasteiger partial charge in [-0.1, -0.05) is 11.6 Å². The first-order chi connectivity index (χ1) is 11.6. The molecule has 0 aliphatic heterocycles. The molecule has 2 aromatic carbocycles. The predicted octanol–water partition coefficient (Wildman–Crippen LogP) is 4.82. The van der Waals surface area contributed by atoms with E-state index in [2.05, 4.69) is 6.07 Å². The average Bonchev–Trinajstić information content (AvgIpc) is 2.61. The topological polar surface area (TPSA) is 51.5 Å². The Morgan fingerprint density at radius 3 is 2.42 bits per heavy atom. The number of nitriles is 1. The molecular weight excluding hydrogens is 326 g/mol. The van der Waals surface area contributed by atoms with Crippen molar-refractivity contribution in [2.45, 2.75) is 6.92 Å². The smallest absolute Gasteiger partial charge is 0.179 e. The summed E-state index contributed by atoms with van der Waals surface area (Å²) < 4.78 is 16.0. The standard InChI is InChI=1S/C19H18ClNO3/c1-4-24-19-17(20)10-13(11-18(19)23-3)9-15(12-21)14-5-7-16(22-2)8-6-14/h5-11H,4H2,1-3H3/b15-9+. The Labute approximate surface area is 146 Å². The first kappa shape index (κ1) is 17.7. The fraction of sp³-hybridized carbons (Fsp3) is 0.211. The molecule has 0 bridgehead atoms. The fourth-order valence-electron chi connectivity index (χ4n) is 2.22. The Bertz CT molecular complexity index is 776. The van der Waals surface area contributed by atoms with Crippen molar-refractivity contribution in [1.82, 2.24) is 0 Å². The lowest BCUT2D eigenvalue weighted by Gasteiger charge is -2.12. The highest BCUT2D eigenvalue weighted by Crippen LogP contribution is 2.37. The summed E-state index contributed by atoms with van der Waals surface area (Å²) in [7, 11) is 3.15. The van der Waals surface area contributed by atoms with Gasteiger partial charge < -0.3 is 14.2 Å². The Balaban J connectivity index is 2.43. The molecule has 4 nitrogen and oxygen atoms in total. The minimum absolute atomic E-state index is 0.439. The first-order valence-corrected chi connectivity index (χ1v) is 7.77. The molecule has 0 fully saturated rings. The van der Waals surface area contributed by atoms with Crippen molar-refractivity contribution < 1.29 is 14.2 Å². The van der Waals surface area contributed by atoms with Crippen LogP contribution in [0.5, 0.6) is 17.2 Å². The summed E-state index contributed by atoms with van der Waals surface area (Å²) in [5.41, 5.74) is 2.06.